The third-order valence-electron chi connectivity index (χ3n) is 3.24. The topological polar surface area (TPSA) is 42.4 Å². The van der Waals surface area contributed by atoms with E-state index in [1.807, 2.05) is 24.8 Å². The van der Waals surface area contributed by atoms with Crippen molar-refractivity contribution in [2.45, 2.75) is 33.1 Å². The minimum atomic E-state index is -0.193. The van der Waals surface area contributed by atoms with Crippen LogP contribution in [0, 0.1) is 0 Å². The summed E-state index contributed by atoms with van der Waals surface area (Å²) >= 11 is 0. The van der Waals surface area contributed by atoms with Crippen molar-refractivity contribution >= 4 is 11.8 Å². The van der Waals surface area contributed by atoms with Crippen LogP contribution in [-0.2, 0) is 22.4 Å². The van der Waals surface area contributed by atoms with Crippen molar-refractivity contribution in [3.63, 3.8) is 0 Å². The minimum absolute atomic E-state index is 0.193. The van der Waals surface area contributed by atoms with Crippen LogP contribution in [-0.4, -0.2) is 30.6 Å². The summed E-state index contributed by atoms with van der Waals surface area (Å²) in [5.41, 5.74) is 2.54. The van der Waals surface area contributed by atoms with Crippen molar-refractivity contribution in [1.82, 2.24) is 4.98 Å². The number of likely N-dealkylation sites (N-methyl/N-ethyl adjacent to an activating group) is 1. The summed E-state index contributed by atoms with van der Waals surface area (Å²) in [5.74, 6) is 0.688. The molecule has 0 N–H and O–H groups in total. The Labute approximate surface area is 108 Å². The SMILES string of the molecule is CCOC(=O)CN(CC)c1ccc2c(n1)CCC2. The van der Waals surface area contributed by atoms with Crippen molar-refractivity contribution in [2.75, 3.05) is 24.6 Å². The van der Waals surface area contributed by atoms with Crippen LogP contribution in [0.3, 0.4) is 0 Å². The van der Waals surface area contributed by atoms with Crippen molar-refractivity contribution in [1.29, 1.82) is 0 Å². The number of carbonyl (C=O) groups excluding carboxylic acids is 1. The van der Waals surface area contributed by atoms with Gasteiger partial charge in [-0.05, 0) is 44.7 Å². The van der Waals surface area contributed by atoms with Crippen LogP contribution in [0.2, 0.25) is 0 Å². The minimum Gasteiger partial charge on any atom is -0.465 e. The number of esters is 1. The van der Waals surface area contributed by atoms with Crippen LogP contribution >= 0.6 is 0 Å². The quantitative estimate of drug-likeness (QED) is 0.747. The number of carbonyl (C=O) groups is 1. The zero-order chi connectivity index (χ0) is 13.0. The highest BCUT2D eigenvalue weighted by Crippen LogP contribution is 2.23. The molecular formula is C14H20N2O2. The largest absolute Gasteiger partial charge is 0.465 e. The molecule has 0 fully saturated rings. The van der Waals surface area contributed by atoms with E-state index in [0.717, 1.165) is 25.2 Å². The maximum absolute atomic E-state index is 11.5. The van der Waals surface area contributed by atoms with Crippen LogP contribution in [0.15, 0.2) is 12.1 Å². The number of hydrogen-bond donors (Lipinski definition) is 0. The molecule has 0 amide bonds. The number of anilines is 1. The smallest absolute Gasteiger partial charge is 0.325 e. The van der Waals surface area contributed by atoms with Gasteiger partial charge < -0.3 is 9.64 Å². The molecule has 1 aliphatic rings. The summed E-state index contributed by atoms with van der Waals surface area (Å²) < 4.78 is 4.98. The summed E-state index contributed by atoms with van der Waals surface area (Å²) in [7, 11) is 0. The third kappa shape index (κ3) is 2.81. The zero-order valence-corrected chi connectivity index (χ0v) is 11.1. The highest BCUT2D eigenvalue weighted by molar-refractivity contribution is 5.75. The molecule has 18 heavy (non-hydrogen) atoms. The fourth-order valence-corrected chi connectivity index (χ4v) is 2.30. The van der Waals surface area contributed by atoms with E-state index in [1.54, 1.807) is 0 Å². The van der Waals surface area contributed by atoms with E-state index >= 15 is 0 Å². The second-order valence-electron chi connectivity index (χ2n) is 4.45. The second-order valence-corrected chi connectivity index (χ2v) is 4.45. The van der Waals surface area contributed by atoms with Crippen LogP contribution in [0.5, 0.6) is 0 Å². The number of rotatable bonds is 5. The molecule has 1 heterocycles. The first-order chi connectivity index (χ1) is 8.74. The number of ether oxygens (including phenoxy) is 1. The summed E-state index contributed by atoms with van der Waals surface area (Å²) in [4.78, 5) is 18.1. The van der Waals surface area contributed by atoms with E-state index < -0.39 is 0 Å². The Morgan fingerprint density at radius 1 is 1.39 bits per heavy atom. The van der Waals surface area contributed by atoms with Gasteiger partial charge in [0.05, 0.1) is 6.61 Å². The fraction of sp³-hybridized carbons (Fsp3) is 0.571. The number of nitrogens with zero attached hydrogens (tertiary/aromatic N) is 2. The van der Waals surface area contributed by atoms with E-state index in [9.17, 15) is 4.79 Å². The van der Waals surface area contributed by atoms with Crippen LogP contribution < -0.4 is 4.90 Å². The van der Waals surface area contributed by atoms with Gasteiger partial charge in [-0.2, -0.15) is 0 Å². The number of aromatic nitrogens is 1. The summed E-state index contributed by atoms with van der Waals surface area (Å²) in [6, 6.07) is 4.14. The van der Waals surface area contributed by atoms with Gasteiger partial charge in [0.2, 0.25) is 0 Å². The first-order valence-corrected chi connectivity index (χ1v) is 6.64. The number of aryl methyl sites for hydroxylation is 2. The van der Waals surface area contributed by atoms with Gasteiger partial charge in [0, 0.05) is 12.2 Å². The van der Waals surface area contributed by atoms with E-state index in [-0.39, 0.29) is 12.5 Å². The zero-order valence-electron chi connectivity index (χ0n) is 11.1. The standard InChI is InChI=1S/C14H20N2O2/c1-3-16(10-14(17)18-4-2)13-9-8-11-6-5-7-12(11)15-13/h8-9H,3-7,10H2,1-2H3. The molecule has 0 atom stereocenters. The fourth-order valence-electron chi connectivity index (χ4n) is 2.30. The van der Waals surface area contributed by atoms with E-state index in [4.69, 9.17) is 4.74 Å². The monoisotopic (exact) mass is 248 g/mol. The number of hydrogen-bond acceptors (Lipinski definition) is 4. The highest BCUT2D eigenvalue weighted by atomic mass is 16.5. The molecule has 0 radical (unpaired) electrons. The molecule has 0 aromatic carbocycles. The van der Waals surface area contributed by atoms with Gasteiger partial charge in [-0.25, -0.2) is 4.98 Å². The summed E-state index contributed by atoms with van der Waals surface area (Å²) in [6.07, 6.45) is 3.38. The average Bonchev–Trinajstić information content (AvgIpc) is 2.83. The Bertz CT molecular complexity index is 432. The first kappa shape index (κ1) is 12.9. The predicted octanol–water partition coefficient (Wildman–Crippen LogP) is 1.96. The molecule has 1 aromatic heterocycles. The van der Waals surface area contributed by atoms with Crippen molar-refractivity contribution < 1.29 is 9.53 Å². The molecule has 0 spiro atoms. The Morgan fingerprint density at radius 2 is 2.22 bits per heavy atom. The second kappa shape index (κ2) is 5.85. The van der Waals surface area contributed by atoms with Crippen molar-refractivity contribution in [2.24, 2.45) is 0 Å². The van der Waals surface area contributed by atoms with Gasteiger partial charge in [-0.3, -0.25) is 4.79 Å². The van der Waals surface area contributed by atoms with Gasteiger partial charge in [0.1, 0.15) is 12.4 Å². The first-order valence-electron chi connectivity index (χ1n) is 6.64. The number of pyridine rings is 1. The van der Waals surface area contributed by atoms with Gasteiger partial charge in [-0.1, -0.05) is 6.07 Å². The molecule has 1 aromatic rings. The molecule has 0 aliphatic heterocycles. The molecule has 0 saturated carbocycles. The third-order valence-corrected chi connectivity index (χ3v) is 3.24. The molecule has 98 valence electrons. The normalized spacial score (nSPS) is 13.2. The highest BCUT2D eigenvalue weighted by Gasteiger charge is 2.16. The Morgan fingerprint density at radius 3 is 2.94 bits per heavy atom. The van der Waals surface area contributed by atoms with Gasteiger partial charge in [0.15, 0.2) is 0 Å². The Balaban J connectivity index is 2.10. The maximum Gasteiger partial charge on any atom is 0.325 e. The molecule has 2 rings (SSSR count). The van der Waals surface area contributed by atoms with Gasteiger partial charge in [0.25, 0.3) is 0 Å². The maximum atomic E-state index is 11.5. The summed E-state index contributed by atoms with van der Waals surface area (Å²) in [6.45, 7) is 5.30. The van der Waals surface area contributed by atoms with Gasteiger partial charge in [-0.15, -0.1) is 0 Å². The van der Waals surface area contributed by atoms with E-state index in [1.165, 1.54) is 17.7 Å². The predicted molar refractivity (Wildman–Crippen MR) is 70.8 cm³/mol. The van der Waals surface area contributed by atoms with Crippen molar-refractivity contribution in [3.8, 4) is 0 Å². The van der Waals surface area contributed by atoms with Gasteiger partial charge >= 0.3 is 5.97 Å². The lowest BCUT2D eigenvalue weighted by Gasteiger charge is -2.21. The molecule has 0 saturated heterocycles. The van der Waals surface area contributed by atoms with Crippen LogP contribution in [0.25, 0.3) is 0 Å². The number of fused-ring (bicyclic) bond motifs is 1. The van der Waals surface area contributed by atoms with Crippen molar-refractivity contribution in [3.05, 3.63) is 23.4 Å². The van der Waals surface area contributed by atoms with Crippen LogP contribution in [0.1, 0.15) is 31.5 Å². The Hall–Kier alpha value is -1.58. The molecule has 4 heteroatoms. The molecule has 0 unspecified atom stereocenters. The lowest BCUT2D eigenvalue weighted by molar-refractivity contribution is -0.141. The lowest BCUT2D eigenvalue weighted by Crippen LogP contribution is -2.31. The molecular weight excluding hydrogens is 228 g/mol. The summed E-state index contributed by atoms with van der Waals surface area (Å²) in [5, 5.41) is 0. The van der Waals surface area contributed by atoms with E-state index in [0.29, 0.717) is 6.61 Å². The molecule has 1 aliphatic carbocycles. The lowest BCUT2D eigenvalue weighted by atomic mass is 10.2. The molecule has 4 nitrogen and oxygen atoms in total. The van der Waals surface area contributed by atoms with E-state index in [2.05, 4.69) is 11.1 Å². The average molecular weight is 248 g/mol. The Kier molecular flexibility index (Phi) is 4.18. The molecule has 0 bridgehead atoms. The van der Waals surface area contributed by atoms with Crippen LogP contribution in [0.4, 0.5) is 5.82 Å².